The maximum absolute atomic E-state index is 10.6. The molecule has 0 saturated carbocycles. The van der Waals surface area contributed by atoms with Gasteiger partial charge in [0.2, 0.25) is 5.91 Å². The van der Waals surface area contributed by atoms with E-state index < -0.39 is 0 Å². The van der Waals surface area contributed by atoms with Gasteiger partial charge in [-0.2, -0.15) is 0 Å². The van der Waals surface area contributed by atoms with E-state index in [1.54, 1.807) is 6.08 Å². The third kappa shape index (κ3) is 5.31. The lowest BCUT2D eigenvalue weighted by Crippen LogP contribution is -2.22. The topological polar surface area (TPSA) is 38.3 Å². The highest BCUT2D eigenvalue weighted by atomic mass is 16.6. The average Bonchev–Trinajstić information content (AvgIpc) is 1.89. The van der Waals surface area contributed by atoms with E-state index in [4.69, 9.17) is 0 Å². The Labute approximate surface area is 61.0 Å². The minimum Gasteiger partial charge on any atom is -0.273 e. The third-order valence-electron chi connectivity index (χ3n) is 0.864. The van der Waals surface area contributed by atoms with Crippen molar-refractivity contribution in [3.8, 4) is 0 Å². The standard InChI is InChI=1S/C7H13NO2/c1-3-5-7(9)8-10-6-4-2/h4H,2-3,5-6H2,1H3,(H,8,9). The molecule has 0 aliphatic carbocycles. The highest BCUT2D eigenvalue weighted by Crippen LogP contribution is 1.84. The molecular weight excluding hydrogens is 130 g/mol. The fourth-order valence-electron chi connectivity index (χ4n) is 0.459. The van der Waals surface area contributed by atoms with Gasteiger partial charge in [0.1, 0.15) is 0 Å². The Balaban J connectivity index is 3.13. The third-order valence-corrected chi connectivity index (χ3v) is 0.864. The molecular formula is C7H13NO2. The second kappa shape index (κ2) is 6.29. The summed E-state index contributed by atoms with van der Waals surface area (Å²) >= 11 is 0. The number of hydrogen-bond acceptors (Lipinski definition) is 2. The van der Waals surface area contributed by atoms with Crippen LogP contribution in [0.1, 0.15) is 19.8 Å². The van der Waals surface area contributed by atoms with Gasteiger partial charge in [-0.3, -0.25) is 9.63 Å². The van der Waals surface area contributed by atoms with Crippen molar-refractivity contribution in [1.29, 1.82) is 0 Å². The molecule has 0 aromatic rings. The molecule has 0 fully saturated rings. The van der Waals surface area contributed by atoms with E-state index in [2.05, 4.69) is 16.9 Å². The van der Waals surface area contributed by atoms with Crippen LogP contribution in [0.15, 0.2) is 12.7 Å². The van der Waals surface area contributed by atoms with Crippen LogP contribution in [0, 0.1) is 0 Å². The largest absolute Gasteiger partial charge is 0.273 e. The lowest BCUT2D eigenvalue weighted by Gasteiger charge is -2.00. The van der Waals surface area contributed by atoms with E-state index in [-0.39, 0.29) is 5.91 Å². The molecule has 0 radical (unpaired) electrons. The Hall–Kier alpha value is -0.830. The lowest BCUT2D eigenvalue weighted by molar-refractivity contribution is -0.132. The second-order valence-corrected chi connectivity index (χ2v) is 1.87. The molecule has 1 amide bonds. The number of nitrogens with one attached hydrogen (secondary N) is 1. The Bertz CT molecular complexity index is 112. The highest BCUT2D eigenvalue weighted by molar-refractivity contribution is 5.74. The highest BCUT2D eigenvalue weighted by Gasteiger charge is 1.95. The van der Waals surface area contributed by atoms with Crippen LogP contribution in [0.5, 0.6) is 0 Å². The zero-order valence-corrected chi connectivity index (χ0v) is 6.22. The van der Waals surface area contributed by atoms with Crippen molar-refractivity contribution in [1.82, 2.24) is 5.48 Å². The van der Waals surface area contributed by atoms with E-state index in [0.29, 0.717) is 13.0 Å². The van der Waals surface area contributed by atoms with Crippen molar-refractivity contribution in [2.24, 2.45) is 0 Å². The van der Waals surface area contributed by atoms with Gasteiger partial charge in [-0.25, -0.2) is 5.48 Å². The molecule has 58 valence electrons. The van der Waals surface area contributed by atoms with E-state index in [0.717, 1.165) is 6.42 Å². The molecule has 3 nitrogen and oxygen atoms in total. The second-order valence-electron chi connectivity index (χ2n) is 1.87. The predicted octanol–water partition coefficient (Wildman–Crippen LogP) is 1.02. The summed E-state index contributed by atoms with van der Waals surface area (Å²) in [6, 6.07) is 0. The predicted molar refractivity (Wildman–Crippen MR) is 39.2 cm³/mol. The number of rotatable bonds is 5. The fourth-order valence-corrected chi connectivity index (χ4v) is 0.459. The van der Waals surface area contributed by atoms with Gasteiger partial charge in [0.05, 0.1) is 6.61 Å². The first-order chi connectivity index (χ1) is 4.81. The molecule has 0 bridgehead atoms. The summed E-state index contributed by atoms with van der Waals surface area (Å²) in [5.41, 5.74) is 2.27. The minimum atomic E-state index is -0.0793. The fraction of sp³-hybridized carbons (Fsp3) is 0.571. The van der Waals surface area contributed by atoms with E-state index in [1.807, 2.05) is 6.92 Å². The molecule has 0 spiro atoms. The van der Waals surface area contributed by atoms with Crippen LogP contribution in [0.25, 0.3) is 0 Å². The van der Waals surface area contributed by atoms with E-state index >= 15 is 0 Å². The normalized spacial score (nSPS) is 8.90. The molecule has 0 saturated heterocycles. The van der Waals surface area contributed by atoms with Gasteiger partial charge in [0.25, 0.3) is 0 Å². The van der Waals surface area contributed by atoms with Crippen molar-refractivity contribution in [2.45, 2.75) is 19.8 Å². The van der Waals surface area contributed by atoms with Crippen LogP contribution in [0.4, 0.5) is 0 Å². The van der Waals surface area contributed by atoms with Crippen LogP contribution in [-0.2, 0) is 9.63 Å². The van der Waals surface area contributed by atoms with Crippen molar-refractivity contribution in [2.75, 3.05) is 6.61 Å². The zero-order chi connectivity index (χ0) is 7.82. The van der Waals surface area contributed by atoms with Gasteiger partial charge in [-0.05, 0) is 6.42 Å². The minimum absolute atomic E-state index is 0.0793. The molecule has 3 heteroatoms. The zero-order valence-electron chi connectivity index (χ0n) is 6.22. The van der Waals surface area contributed by atoms with Gasteiger partial charge >= 0.3 is 0 Å². The summed E-state index contributed by atoms with van der Waals surface area (Å²) in [4.78, 5) is 15.3. The number of hydrogen-bond donors (Lipinski definition) is 1. The first-order valence-electron chi connectivity index (χ1n) is 3.32. The molecule has 0 heterocycles. The molecule has 0 rings (SSSR count). The lowest BCUT2D eigenvalue weighted by atomic mass is 10.3. The molecule has 0 atom stereocenters. The number of carbonyl (C=O) groups excluding carboxylic acids is 1. The van der Waals surface area contributed by atoms with Crippen molar-refractivity contribution >= 4 is 5.91 Å². The van der Waals surface area contributed by atoms with Gasteiger partial charge in [0, 0.05) is 6.42 Å². The maximum atomic E-state index is 10.6. The Morgan fingerprint density at radius 2 is 2.50 bits per heavy atom. The van der Waals surface area contributed by atoms with Gasteiger partial charge in [-0.1, -0.05) is 13.0 Å². The van der Waals surface area contributed by atoms with Crippen molar-refractivity contribution < 1.29 is 9.63 Å². The molecule has 1 N–H and O–H groups in total. The Kier molecular flexibility index (Phi) is 5.77. The van der Waals surface area contributed by atoms with Crippen LogP contribution >= 0.6 is 0 Å². The molecule has 10 heavy (non-hydrogen) atoms. The summed E-state index contributed by atoms with van der Waals surface area (Å²) in [6.45, 7) is 5.72. The quantitative estimate of drug-likeness (QED) is 0.354. The number of carbonyl (C=O) groups is 1. The van der Waals surface area contributed by atoms with E-state index in [9.17, 15) is 4.79 Å². The molecule has 0 aliphatic heterocycles. The SMILES string of the molecule is C=CCONC(=O)CCC. The summed E-state index contributed by atoms with van der Waals surface area (Å²) in [6.07, 6.45) is 2.92. The van der Waals surface area contributed by atoms with E-state index in [1.165, 1.54) is 0 Å². The Morgan fingerprint density at radius 3 is 3.00 bits per heavy atom. The van der Waals surface area contributed by atoms with Crippen LogP contribution in [0.2, 0.25) is 0 Å². The van der Waals surface area contributed by atoms with Gasteiger partial charge < -0.3 is 0 Å². The first kappa shape index (κ1) is 9.17. The maximum Gasteiger partial charge on any atom is 0.243 e. The number of hydroxylamine groups is 1. The monoisotopic (exact) mass is 143 g/mol. The molecule has 0 aromatic carbocycles. The Morgan fingerprint density at radius 1 is 1.80 bits per heavy atom. The van der Waals surface area contributed by atoms with Crippen molar-refractivity contribution in [3.63, 3.8) is 0 Å². The molecule has 0 unspecified atom stereocenters. The van der Waals surface area contributed by atoms with Crippen molar-refractivity contribution in [3.05, 3.63) is 12.7 Å². The first-order valence-corrected chi connectivity index (χ1v) is 3.32. The van der Waals surface area contributed by atoms with Crippen LogP contribution in [-0.4, -0.2) is 12.5 Å². The number of amides is 1. The van der Waals surface area contributed by atoms with Gasteiger partial charge in [-0.15, -0.1) is 6.58 Å². The van der Waals surface area contributed by atoms with Crippen LogP contribution in [0.3, 0.4) is 0 Å². The smallest absolute Gasteiger partial charge is 0.243 e. The average molecular weight is 143 g/mol. The summed E-state index contributed by atoms with van der Waals surface area (Å²) in [7, 11) is 0. The summed E-state index contributed by atoms with van der Waals surface area (Å²) in [5.74, 6) is -0.0793. The summed E-state index contributed by atoms with van der Waals surface area (Å²) < 4.78 is 0. The molecule has 0 aliphatic rings. The van der Waals surface area contributed by atoms with Gasteiger partial charge in [0.15, 0.2) is 0 Å². The summed E-state index contributed by atoms with van der Waals surface area (Å²) in [5, 5.41) is 0. The van der Waals surface area contributed by atoms with Crippen LogP contribution < -0.4 is 5.48 Å². The molecule has 0 aromatic heterocycles.